The quantitative estimate of drug-likeness (QED) is 0.452. The molecule has 34 heavy (non-hydrogen) atoms. The number of hydrogen-bond acceptors (Lipinski definition) is 5. The normalized spacial score (nSPS) is 29.9. The van der Waals surface area contributed by atoms with Crippen molar-refractivity contribution >= 4 is 11.9 Å². The third-order valence-corrected chi connectivity index (χ3v) is 8.90. The number of hydrogen-bond donors (Lipinski definition) is 2. The molecule has 3 unspecified atom stereocenters. The molecule has 2 N–H and O–H groups in total. The molecule has 0 aromatic heterocycles. The number of phenols is 1. The summed E-state index contributed by atoms with van der Waals surface area (Å²) in [5.41, 5.74) is 4.16. The third kappa shape index (κ3) is 3.70. The second-order valence-electron chi connectivity index (χ2n) is 10.4. The van der Waals surface area contributed by atoms with Crippen LogP contribution in [0.2, 0.25) is 0 Å². The lowest BCUT2D eigenvalue weighted by atomic mass is 9.55. The van der Waals surface area contributed by atoms with Crippen molar-refractivity contribution in [1.82, 2.24) is 0 Å². The fourth-order valence-electron chi connectivity index (χ4n) is 6.99. The molecule has 5 rings (SSSR count). The van der Waals surface area contributed by atoms with Crippen LogP contribution in [0.15, 0.2) is 36.4 Å². The Morgan fingerprint density at radius 2 is 1.85 bits per heavy atom. The second-order valence-corrected chi connectivity index (χ2v) is 10.4. The first-order valence-corrected chi connectivity index (χ1v) is 12.3. The molecule has 0 bridgehead atoms. The molecule has 3 aliphatic carbocycles. The van der Waals surface area contributed by atoms with Gasteiger partial charge in [-0.05, 0) is 115 Å². The molecule has 0 aliphatic heterocycles. The Morgan fingerprint density at radius 1 is 1.06 bits per heavy atom. The fourth-order valence-corrected chi connectivity index (χ4v) is 6.99. The second kappa shape index (κ2) is 8.77. The maximum atomic E-state index is 12.8. The van der Waals surface area contributed by atoms with Gasteiger partial charge in [-0.1, -0.05) is 6.92 Å². The van der Waals surface area contributed by atoms with Crippen LogP contribution in [0.1, 0.15) is 72.0 Å². The number of carbonyl (C=O) groups is 1. The molecule has 0 saturated heterocycles. The maximum Gasteiger partial charge on any atom is 0.185 e. The Labute approximate surface area is 201 Å². The summed E-state index contributed by atoms with van der Waals surface area (Å²) in [6.45, 7) is 2.30. The van der Waals surface area contributed by atoms with Gasteiger partial charge in [-0.3, -0.25) is 4.79 Å². The number of fused-ring (bicyclic) bond motifs is 5. The van der Waals surface area contributed by atoms with Gasteiger partial charge in [0.05, 0.1) is 20.3 Å². The summed E-state index contributed by atoms with van der Waals surface area (Å²) >= 11 is 0. The van der Waals surface area contributed by atoms with Crippen LogP contribution in [-0.2, 0) is 6.42 Å². The van der Waals surface area contributed by atoms with Crippen molar-refractivity contribution in [2.45, 2.75) is 57.5 Å². The highest BCUT2D eigenvalue weighted by Crippen LogP contribution is 2.61. The van der Waals surface area contributed by atoms with E-state index < -0.39 is 0 Å². The van der Waals surface area contributed by atoms with E-state index in [2.05, 4.69) is 19.1 Å². The van der Waals surface area contributed by atoms with Crippen molar-refractivity contribution in [3.8, 4) is 17.2 Å². The molecular formula is C29H34O5. The monoisotopic (exact) mass is 462 g/mol. The lowest BCUT2D eigenvalue weighted by Crippen LogP contribution is -2.43. The van der Waals surface area contributed by atoms with Gasteiger partial charge in [0.2, 0.25) is 0 Å². The van der Waals surface area contributed by atoms with Gasteiger partial charge in [0, 0.05) is 11.1 Å². The van der Waals surface area contributed by atoms with Gasteiger partial charge in [-0.2, -0.15) is 0 Å². The third-order valence-electron chi connectivity index (χ3n) is 8.90. The van der Waals surface area contributed by atoms with Crippen LogP contribution >= 0.6 is 0 Å². The fraction of sp³-hybridized carbons (Fsp3) is 0.483. The summed E-state index contributed by atoms with van der Waals surface area (Å²) in [5.74, 6) is 2.60. The number of aromatic hydroxyl groups is 1. The van der Waals surface area contributed by atoms with Gasteiger partial charge in [0.15, 0.2) is 17.3 Å². The van der Waals surface area contributed by atoms with Crippen LogP contribution in [0.25, 0.3) is 6.08 Å². The largest absolute Gasteiger partial charge is 0.504 e. The zero-order valence-electron chi connectivity index (χ0n) is 20.2. The number of phenolic OH excluding ortho intramolecular Hbond substituents is 1. The lowest BCUT2D eigenvalue weighted by Gasteiger charge is -2.50. The number of aryl methyl sites for hydroxylation is 1. The molecule has 180 valence electrons. The van der Waals surface area contributed by atoms with Crippen molar-refractivity contribution in [1.29, 1.82) is 0 Å². The van der Waals surface area contributed by atoms with Crippen LogP contribution in [0.5, 0.6) is 17.2 Å². The van der Waals surface area contributed by atoms with E-state index in [9.17, 15) is 15.0 Å². The van der Waals surface area contributed by atoms with Crippen LogP contribution in [0.4, 0.5) is 0 Å². The molecule has 2 fully saturated rings. The van der Waals surface area contributed by atoms with Crippen molar-refractivity contribution in [3.05, 3.63) is 58.7 Å². The highest BCUT2D eigenvalue weighted by atomic mass is 16.5. The Hall–Kier alpha value is -2.79. The Balaban J connectivity index is 1.44. The molecule has 5 atom stereocenters. The highest BCUT2D eigenvalue weighted by Gasteiger charge is 2.54. The van der Waals surface area contributed by atoms with Gasteiger partial charge in [-0.15, -0.1) is 0 Å². The molecule has 0 heterocycles. The van der Waals surface area contributed by atoms with Crippen molar-refractivity contribution < 1.29 is 24.5 Å². The number of benzene rings is 2. The average Bonchev–Trinajstić information content (AvgIpc) is 3.16. The molecule has 3 aliphatic rings. The average molecular weight is 463 g/mol. The number of aliphatic hydroxyl groups is 1. The molecule has 2 aromatic rings. The molecule has 0 amide bonds. The predicted octanol–water partition coefficient (Wildman–Crippen LogP) is 5.52. The molecule has 2 saturated carbocycles. The zero-order chi connectivity index (χ0) is 24.0. The first-order valence-electron chi connectivity index (χ1n) is 12.3. The zero-order valence-corrected chi connectivity index (χ0v) is 20.2. The van der Waals surface area contributed by atoms with E-state index >= 15 is 0 Å². The van der Waals surface area contributed by atoms with Crippen LogP contribution < -0.4 is 9.47 Å². The van der Waals surface area contributed by atoms with Crippen LogP contribution in [0, 0.1) is 17.3 Å². The molecule has 5 heteroatoms. The van der Waals surface area contributed by atoms with Gasteiger partial charge in [-0.25, -0.2) is 0 Å². The number of rotatable bonds is 5. The first kappa shape index (κ1) is 23.0. The standard InChI is InChI=1S/C29H34O5/c1-29-13-12-20-21(23(29)8-11-28(29)32)7-4-17-15-26(33-2)19(14-22(17)20)6-9-24(30)18-5-10-25(31)27(16-18)34-3/h5-6,9-10,14-16,20-21,23,28,31-32H,4,7-8,11-13H2,1-3H3/b9-6+/t20?,21?,23?,28-,29-/m0/s1. The number of methoxy groups -OCH3 is 2. The molecule has 5 nitrogen and oxygen atoms in total. The van der Waals surface area contributed by atoms with Gasteiger partial charge in [0.1, 0.15) is 5.75 Å². The van der Waals surface area contributed by atoms with Gasteiger partial charge >= 0.3 is 0 Å². The summed E-state index contributed by atoms with van der Waals surface area (Å²) in [7, 11) is 3.13. The summed E-state index contributed by atoms with van der Waals surface area (Å²) in [5, 5.41) is 20.5. The summed E-state index contributed by atoms with van der Waals surface area (Å²) in [6.07, 6.45) is 9.65. The van der Waals surface area contributed by atoms with E-state index in [1.807, 2.05) is 6.08 Å². The molecule has 0 spiro atoms. The highest BCUT2D eigenvalue weighted by molar-refractivity contribution is 6.07. The molecule has 2 aromatic carbocycles. The van der Waals surface area contributed by atoms with Crippen molar-refractivity contribution in [2.75, 3.05) is 14.2 Å². The summed E-state index contributed by atoms with van der Waals surface area (Å²) in [4.78, 5) is 12.8. The number of carbonyl (C=O) groups excluding carboxylic acids is 1. The summed E-state index contributed by atoms with van der Waals surface area (Å²) < 4.78 is 10.8. The Bertz CT molecular complexity index is 1140. The number of ketones is 1. The van der Waals surface area contributed by atoms with Crippen molar-refractivity contribution in [3.63, 3.8) is 0 Å². The SMILES string of the molecule is COc1cc(C(=O)/C=C/c2cc3c(cc2OC)CCC2C3CC[C@@]3(C)C2CC[C@@H]3O)ccc1O. The number of ether oxygens (including phenoxy) is 2. The Morgan fingerprint density at radius 3 is 2.62 bits per heavy atom. The lowest BCUT2D eigenvalue weighted by molar-refractivity contribution is -0.0226. The molecular weight excluding hydrogens is 428 g/mol. The van der Waals surface area contributed by atoms with E-state index in [-0.39, 0.29) is 28.8 Å². The van der Waals surface area contributed by atoms with E-state index in [0.29, 0.717) is 23.3 Å². The predicted molar refractivity (Wildman–Crippen MR) is 132 cm³/mol. The smallest absolute Gasteiger partial charge is 0.185 e. The van der Waals surface area contributed by atoms with E-state index in [1.165, 1.54) is 30.7 Å². The van der Waals surface area contributed by atoms with Crippen LogP contribution in [-0.4, -0.2) is 36.3 Å². The number of allylic oxidation sites excluding steroid dienone is 1. The number of aliphatic hydroxyl groups excluding tert-OH is 1. The minimum absolute atomic E-state index is 0.00676. The van der Waals surface area contributed by atoms with Crippen LogP contribution in [0.3, 0.4) is 0 Å². The van der Waals surface area contributed by atoms with E-state index in [4.69, 9.17) is 9.47 Å². The van der Waals surface area contributed by atoms with Gasteiger partial charge < -0.3 is 19.7 Å². The first-order chi connectivity index (χ1) is 16.4. The maximum absolute atomic E-state index is 12.8. The van der Waals surface area contributed by atoms with Gasteiger partial charge in [0.25, 0.3) is 0 Å². The minimum Gasteiger partial charge on any atom is -0.504 e. The van der Waals surface area contributed by atoms with Crippen molar-refractivity contribution in [2.24, 2.45) is 17.3 Å². The topological polar surface area (TPSA) is 76.0 Å². The molecule has 0 radical (unpaired) electrons. The van der Waals surface area contributed by atoms with E-state index in [1.54, 1.807) is 25.3 Å². The summed E-state index contributed by atoms with van der Waals surface area (Å²) in [6, 6.07) is 8.98. The Kier molecular flexibility index (Phi) is 5.93. The minimum atomic E-state index is -0.168. The van der Waals surface area contributed by atoms with E-state index in [0.717, 1.165) is 43.4 Å².